The standard InChI is InChI=1S/C48H31N3O/c1-3-14-31(15-4-1)40-29-41(32-16-5-2-6-17-32)50-48(49-40)39-27-35(28-45-47(39)46-36-20-10-9-13-30(36)23-24-44(46)52-45)51-42-22-12-11-21-37(42)38-25-33-18-7-8-19-34(33)26-43(38)51/h1-29,48-49H. The molecule has 2 aromatic heterocycles. The summed E-state index contributed by atoms with van der Waals surface area (Å²) in [4.78, 5) is 5.48. The zero-order valence-corrected chi connectivity index (χ0v) is 28.1. The highest BCUT2D eigenvalue weighted by Gasteiger charge is 2.26. The quantitative estimate of drug-likeness (QED) is 0.203. The van der Waals surface area contributed by atoms with Crippen LogP contribution < -0.4 is 5.32 Å². The minimum atomic E-state index is -0.397. The average molecular weight is 666 g/mol. The summed E-state index contributed by atoms with van der Waals surface area (Å²) in [5, 5.41) is 13.3. The molecule has 11 rings (SSSR count). The fourth-order valence-electron chi connectivity index (χ4n) is 8.19. The molecule has 4 heteroatoms. The van der Waals surface area contributed by atoms with Gasteiger partial charge in [-0.2, -0.15) is 0 Å². The first-order chi connectivity index (χ1) is 25.8. The minimum Gasteiger partial charge on any atom is -0.456 e. The van der Waals surface area contributed by atoms with E-state index >= 15 is 0 Å². The number of rotatable bonds is 4. The topological polar surface area (TPSA) is 42.5 Å². The SMILES string of the molecule is C1=C(c2ccccc2)NC(c2cc(-n3c4ccccc4c4cc5ccccc5cc43)cc3oc4ccc5ccccc5c4c23)N=C1c1ccccc1. The van der Waals surface area contributed by atoms with E-state index < -0.39 is 6.17 Å². The average Bonchev–Trinajstić information content (AvgIpc) is 3.75. The second-order valence-corrected chi connectivity index (χ2v) is 13.6. The minimum absolute atomic E-state index is 0.397. The van der Waals surface area contributed by atoms with E-state index in [2.05, 4.69) is 186 Å². The van der Waals surface area contributed by atoms with Gasteiger partial charge in [-0.25, -0.2) is 0 Å². The van der Waals surface area contributed by atoms with Crippen LogP contribution >= 0.6 is 0 Å². The lowest BCUT2D eigenvalue weighted by Crippen LogP contribution is -2.25. The van der Waals surface area contributed by atoms with Gasteiger partial charge >= 0.3 is 0 Å². The Kier molecular flexibility index (Phi) is 6.28. The fourth-order valence-corrected chi connectivity index (χ4v) is 8.19. The van der Waals surface area contributed by atoms with Crippen LogP contribution in [0.4, 0.5) is 0 Å². The summed E-state index contributed by atoms with van der Waals surface area (Å²) in [5.41, 5.74) is 10.2. The van der Waals surface area contributed by atoms with Gasteiger partial charge in [-0.15, -0.1) is 0 Å². The van der Waals surface area contributed by atoms with Gasteiger partial charge in [0.05, 0.1) is 22.4 Å². The van der Waals surface area contributed by atoms with E-state index in [1.54, 1.807) is 0 Å². The van der Waals surface area contributed by atoms with Gasteiger partial charge in [-0.05, 0) is 69.1 Å². The molecule has 0 fully saturated rings. The van der Waals surface area contributed by atoms with Crippen molar-refractivity contribution in [1.82, 2.24) is 9.88 Å². The molecule has 0 saturated heterocycles. The molecule has 244 valence electrons. The molecule has 1 aliphatic heterocycles. The summed E-state index contributed by atoms with van der Waals surface area (Å²) >= 11 is 0. The second kappa shape index (κ2) is 11.3. The molecule has 3 heterocycles. The molecule has 1 aliphatic rings. The fraction of sp³-hybridized carbons (Fsp3) is 0.0208. The molecule has 0 bridgehead atoms. The number of nitrogens with one attached hydrogen (secondary N) is 1. The molecule has 0 aliphatic carbocycles. The summed E-state index contributed by atoms with van der Waals surface area (Å²) in [6.45, 7) is 0. The molecule has 0 spiro atoms. The van der Waals surface area contributed by atoms with Gasteiger partial charge in [0.15, 0.2) is 0 Å². The second-order valence-electron chi connectivity index (χ2n) is 13.6. The highest BCUT2D eigenvalue weighted by atomic mass is 16.3. The number of fused-ring (bicyclic) bond motifs is 9. The molecule has 8 aromatic carbocycles. The largest absolute Gasteiger partial charge is 0.456 e. The third-order valence-electron chi connectivity index (χ3n) is 10.6. The van der Waals surface area contributed by atoms with Crippen LogP contribution in [0.3, 0.4) is 0 Å². The van der Waals surface area contributed by atoms with Gasteiger partial charge in [-0.3, -0.25) is 4.99 Å². The van der Waals surface area contributed by atoms with E-state index in [0.29, 0.717) is 0 Å². The molecular formula is C48H31N3O. The Morgan fingerprint density at radius 2 is 1.17 bits per heavy atom. The molecule has 10 aromatic rings. The number of hydrogen-bond donors (Lipinski definition) is 1. The van der Waals surface area contributed by atoms with Crippen molar-refractivity contribution in [3.8, 4) is 5.69 Å². The Morgan fingerprint density at radius 1 is 0.500 bits per heavy atom. The maximum absolute atomic E-state index is 6.84. The summed E-state index contributed by atoms with van der Waals surface area (Å²) in [6.07, 6.45) is 1.77. The predicted octanol–water partition coefficient (Wildman–Crippen LogP) is 12.1. The molecule has 0 radical (unpaired) electrons. The third kappa shape index (κ3) is 4.44. The van der Waals surface area contributed by atoms with Crippen LogP contribution in [0, 0.1) is 0 Å². The van der Waals surface area contributed by atoms with Gasteiger partial charge in [0, 0.05) is 38.9 Å². The van der Waals surface area contributed by atoms with Gasteiger partial charge in [0.25, 0.3) is 0 Å². The van der Waals surface area contributed by atoms with Crippen LogP contribution in [0.25, 0.3) is 76.7 Å². The number of hydrogen-bond acceptors (Lipinski definition) is 3. The number of nitrogens with zero attached hydrogens (tertiary/aromatic N) is 2. The molecule has 1 atom stereocenters. The van der Waals surface area contributed by atoms with E-state index in [1.165, 1.54) is 26.9 Å². The molecule has 0 saturated carbocycles. The highest BCUT2D eigenvalue weighted by Crippen LogP contribution is 2.43. The summed E-state index contributed by atoms with van der Waals surface area (Å²) < 4.78 is 9.24. The Hall–Kier alpha value is -6.91. The van der Waals surface area contributed by atoms with Crippen molar-refractivity contribution in [3.63, 3.8) is 0 Å². The third-order valence-corrected chi connectivity index (χ3v) is 10.6. The summed E-state index contributed by atoms with van der Waals surface area (Å²) in [5.74, 6) is 0. The number of para-hydroxylation sites is 1. The maximum atomic E-state index is 6.84. The van der Waals surface area contributed by atoms with Crippen molar-refractivity contribution in [2.75, 3.05) is 0 Å². The smallest absolute Gasteiger partial charge is 0.146 e. The van der Waals surface area contributed by atoms with Crippen LogP contribution in [0.1, 0.15) is 22.9 Å². The van der Waals surface area contributed by atoms with Crippen LogP contribution in [0.15, 0.2) is 185 Å². The monoisotopic (exact) mass is 665 g/mol. The maximum Gasteiger partial charge on any atom is 0.146 e. The van der Waals surface area contributed by atoms with Crippen molar-refractivity contribution < 1.29 is 4.42 Å². The van der Waals surface area contributed by atoms with E-state index in [-0.39, 0.29) is 0 Å². The zero-order valence-electron chi connectivity index (χ0n) is 28.1. The predicted molar refractivity (Wildman–Crippen MR) is 216 cm³/mol. The van der Waals surface area contributed by atoms with Crippen molar-refractivity contribution in [1.29, 1.82) is 0 Å². The Balaban J connectivity index is 1.24. The number of allylic oxidation sites excluding steroid dienone is 1. The molecule has 4 nitrogen and oxygen atoms in total. The number of furan rings is 1. The van der Waals surface area contributed by atoms with Crippen LogP contribution in [0.5, 0.6) is 0 Å². The Labute approximate surface area is 299 Å². The Bertz CT molecular complexity index is 3090. The van der Waals surface area contributed by atoms with Gasteiger partial charge in [0.1, 0.15) is 17.3 Å². The van der Waals surface area contributed by atoms with Crippen molar-refractivity contribution >= 4 is 76.7 Å². The van der Waals surface area contributed by atoms with Gasteiger partial charge < -0.3 is 14.3 Å². The first kappa shape index (κ1) is 28.9. The lowest BCUT2D eigenvalue weighted by molar-refractivity contribution is 0.658. The van der Waals surface area contributed by atoms with Crippen LogP contribution in [0.2, 0.25) is 0 Å². The first-order valence-electron chi connectivity index (χ1n) is 17.7. The molecule has 1 N–H and O–H groups in total. The number of benzene rings is 8. The summed E-state index contributed by atoms with van der Waals surface area (Å²) in [6, 6.07) is 60.3. The zero-order chi connectivity index (χ0) is 34.2. The molecule has 52 heavy (non-hydrogen) atoms. The van der Waals surface area contributed by atoms with Crippen LogP contribution in [-0.4, -0.2) is 10.3 Å². The van der Waals surface area contributed by atoms with Gasteiger partial charge in [-0.1, -0.05) is 133 Å². The van der Waals surface area contributed by atoms with E-state index in [4.69, 9.17) is 9.41 Å². The Morgan fingerprint density at radius 3 is 1.98 bits per heavy atom. The van der Waals surface area contributed by atoms with E-state index in [1.807, 2.05) is 0 Å². The summed E-state index contributed by atoms with van der Waals surface area (Å²) in [7, 11) is 0. The lowest BCUT2D eigenvalue weighted by Gasteiger charge is -2.26. The highest BCUT2D eigenvalue weighted by molar-refractivity contribution is 6.21. The number of aliphatic imine (C=N–C) groups is 1. The number of aromatic nitrogens is 1. The first-order valence-corrected chi connectivity index (χ1v) is 17.7. The molecule has 1 unspecified atom stereocenters. The van der Waals surface area contributed by atoms with Crippen molar-refractivity contribution in [2.45, 2.75) is 6.17 Å². The van der Waals surface area contributed by atoms with Crippen molar-refractivity contribution in [3.05, 3.63) is 193 Å². The van der Waals surface area contributed by atoms with Gasteiger partial charge in [0.2, 0.25) is 0 Å². The molecular weight excluding hydrogens is 635 g/mol. The lowest BCUT2D eigenvalue weighted by atomic mass is 9.97. The normalized spacial score (nSPS) is 14.7. The molecule has 0 amide bonds. The van der Waals surface area contributed by atoms with Crippen molar-refractivity contribution in [2.24, 2.45) is 4.99 Å². The van der Waals surface area contributed by atoms with E-state index in [0.717, 1.165) is 72.1 Å². The van der Waals surface area contributed by atoms with E-state index in [9.17, 15) is 0 Å². The van der Waals surface area contributed by atoms with Crippen LogP contribution in [-0.2, 0) is 0 Å².